The summed E-state index contributed by atoms with van der Waals surface area (Å²) in [6.07, 6.45) is 2.24. The Morgan fingerprint density at radius 3 is 2.23 bits per heavy atom. The summed E-state index contributed by atoms with van der Waals surface area (Å²) in [6.45, 7) is 5.58. The monoisotopic (exact) mass is 207 g/mol. The highest BCUT2D eigenvalue weighted by Crippen LogP contribution is 2.10. The van der Waals surface area contributed by atoms with E-state index in [1.165, 1.54) is 0 Å². The van der Waals surface area contributed by atoms with Crippen LogP contribution in [0.25, 0.3) is 0 Å². The average molecular weight is 207 g/mol. The highest BCUT2D eigenvalue weighted by Gasteiger charge is 2.20. The van der Waals surface area contributed by atoms with E-state index in [4.69, 9.17) is 5.73 Å². The van der Waals surface area contributed by atoms with Gasteiger partial charge in [-0.2, -0.15) is 0 Å². The van der Waals surface area contributed by atoms with Crippen LogP contribution in [0, 0.1) is 0 Å². The molecular formula is C9H21NO2S. The van der Waals surface area contributed by atoms with E-state index in [-0.39, 0.29) is 11.3 Å². The maximum absolute atomic E-state index is 11.6. The topological polar surface area (TPSA) is 60.2 Å². The van der Waals surface area contributed by atoms with Crippen molar-refractivity contribution in [1.29, 1.82) is 0 Å². The van der Waals surface area contributed by atoms with E-state index < -0.39 is 9.84 Å². The second-order valence-corrected chi connectivity index (χ2v) is 6.28. The lowest BCUT2D eigenvalue weighted by molar-refractivity contribution is 0.560. The van der Waals surface area contributed by atoms with E-state index in [0.29, 0.717) is 12.2 Å². The van der Waals surface area contributed by atoms with Crippen LogP contribution < -0.4 is 5.73 Å². The highest BCUT2D eigenvalue weighted by atomic mass is 32.2. The SMILES string of the molecule is CCCCS(=O)(=O)C(C)CC(C)N. The Balaban J connectivity index is 4.12. The predicted molar refractivity (Wildman–Crippen MR) is 56.4 cm³/mol. The normalized spacial score (nSPS) is 16.9. The van der Waals surface area contributed by atoms with Gasteiger partial charge in [0, 0.05) is 6.04 Å². The minimum absolute atomic E-state index is 0.0357. The molecule has 0 aromatic heterocycles. The number of sulfone groups is 1. The van der Waals surface area contributed by atoms with Crippen LogP contribution in [0.3, 0.4) is 0 Å². The Labute approximate surface area is 81.6 Å². The Bertz CT molecular complexity index is 222. The molecule has 80 valence electrons. The Hall–Kier alpha value is -0.0900. The number of nitrogens with two attached hydrogens (primary N) is 1. The van der Waals surface area contributed by atoms with Crippen molar-refractivity contribution in [2.24, 2.45) is 5.73 Å². The van der Waals surface area contributed by atoms with Crippen molar-refractivity contribution in [2.45, 2.75) is 51.3 Å². The second kappa shape index (κ2) is 5.60. The molecule has 0 aliphatic rings. The van der Waals surface area contributed by atoms with Gasteiger partial charge in [-0.3, -0.25) is 0 Å². The first-order valence-corrected chi connectivity index (χ1v) is 6.58. The Morgan fingerprint density at radius 1 is 1.31 bits per heavy atom. The summed E-state index contributed by atoms with van der Waals surface area (Å²) < 4.78 is 23.1. The van der Waals surface area contributed by atoms with Gasteiger partial charge in [0.25, 0.3) is 0 Å². The fourth-order valence-corrected chi connectivity index (χ4v) is 2.91. The average Bonchev–Trinajstić information content (AvgIpc) is 1.99. The van der Waals surface area contributed by atoms with Crippen molar-refractivity contribution in [3.63, 3.8) is 0 Å². The fourth-order valence-electron chi connectivity index (χ4n) is 1.22. The maximum atomic E-state index is 11.6. The Morgan fingerprint density at radius 2 is 1.85 bits per heavy atom. The molecule has 2 unspecified atom stereocenters. The van der Waals surface area contributed by atoms with E-state index in [9.17, 15) is 8.42 Å². The van der Waals surface area contributed by atoms with Gasteiger partial charge in [0.15, 0.2) is 9.84 Å². The van der Waals surface area contributed by atoms with Crippen LogP contribution in [0.2, 0.25) is 0 Å². The lowest BCUT2D eigenvalue weighted by Gasteiger charge is -2.14. The molecule has 0 aliphatic heterocycles. The molecule has 3 nitrogen and oxygen atoms in total. The third-order valence-corrected chi connectivity index (χ3v) is 4.38. The standard InChI is InChI=1S/C9H21NO2S/c1-4-5-6-13(11,12)9(3)7-8(2)10/h8-9H,4-7,10H2,1-3H3. The van der Waals surface area contributed by atoms with Crippen molar-refractivity contribution in [3.05, 3.63) is 0 Å². The second-order valence-electron chi connectivity index (χ2n) is 3.74. The van der Waals surface area contributed by atoms with E-state index in [1.807, 2.05) is 13.8 Å². The van der Waals surface area contributed by atoms with Gasteiger partial charge in [0.2, 0.25) is 0 Å². The van der Waals surface area contributed by atoms with Crippen molar-refractivity contribution < 1.29 is 8.42 Å². The summed E-state index contributed by atoms with van der Waals surface area (Å²) in [4.78, 5) is 0. The third-order valence-electron chi connectivity index (χ3n) is 2.10. The van der Waals surface area contributed by atoms with Gasteiger partial charge in [-0.25, -0.2) is 8.42 Å². The van der Waals surface area contributed by atoms with Crippen molar-refractivity contribution in [3.8, 4) is 0 Å². The molecule has 0 fully saturated rings. The summed E-state index contributed by atoms with van der Waals surface area (Å²) in [6, 6.07) is -0.0357. The molecule has 0 saturated heterocycles. The molecule has 0 saturated carbocycles. The van der Waals surface area contributed by atoms with Gasteiger partial charge < -0.3 is 5.73 Å². The molecule has 0 aromatic carbocycles. The van der Waals surface area contributed by atoms with Crippen LogP contribution in [0.4, 0.5) is 0 Å². The molecule has 0 aliphatic carbocycles. The van der Waals surface area contributed by atoms with E-state index in [1.54, 1.807) is 6.92 Å². The summed E-state index contributed by atoms with van der Waals surface area (Å²) in [5, 5.41) is -0.293. The largest absolute Gasteiger partial charge is 0.328 e. The number of rotatable bonds is 6. The third kappa shape index (κ3) is 5.26. The molecule has 13 heavy (non-hydrogen) atoms. The highest BCUT2D eigenvalue weighted by molar-refractivity contribution is 7.91. The molecule has 0 heterocycles. The zero-order chi connectivity index (χ0) is 10.5. The van der Waals surface area contributed by atoms with Gasteiger partial charge in [-0.05, 0) is 26.7 Å². The lowest BCUT2D eigenvalue weighted by atomic mass is 10.2. The number of hydrogen-bond acceptors (Lipinski definition) is 3. The molecule has 0 radical (unpaired) electrons. The van der Waals surface area contributed by atoms with Crippen LogP contribution in [0.1, 0.15) is 40.0 Å². The molecule has 0 amide bonds. The van der Waals surface area contributed by atoms with Crippen molar-refractivity contribution in [1.82, 2.24) is 0 Å². The summed E-state index contributed by atoms with van der Waals surface area (Å²) in [7, 11) is -2.90. The van der Waals surface area contributed by atoms with E-state index >= 15 is 0 Å². The molecule has 2 atom stereocenters. The predicted octanol–water partition coefficient (Wildman–Crippen LogP) is 1.33. The van der Waals surface area contributed by atoms with Gasteiger partial charge >= 0.3 is 0 Å². The molecule has 2 N–H and O–H groups in total. The number of hydrogen-bond donors (Lipinski definition) is 1. The molecule has 0 spiro atoms. The van der Waals surface area contributed by atoms with Crippen LogP contribution >= 0.6 is 0 Å². The van der Waals surface area contributed by atoms with Crippen molar-refractivity contribution in [2.75, 3.05) is 5.75 Å². The van der Waals surface area contributed by atoms with E-state index in [0.717, 1.165) is 12.8 Å². The molecule has 0 bridgehead atoms. The smallest absolute Gasteiger partial charge is 0.152 e. The van der Waals surface area contributed by atoms with Gasteiger partial charge in [0.1, 0.15) is 0 Å². The first kappa shape index (κ1) is 12.9. The number of unbranched alkanes of at least 4 members (excludes halogenated alkanes) is 1. The van der Waals surface area contributed by atoms with Gasteiger partial charge in [-0.15, -0.1) is 0 Å². The van der Waals surface area contributed by atoms with Crippen LogP contribution in [-0.4, -0.2) is 25.5 Å². The van der Waals surface area contributed by atoms with Gasteiger partial charge in [0.05, 0.1) is 11.0 Å². The van der Waals surface area contributed by atoms with Crippen molar-refractivity contribution >= 4 is 9.84 Å². The van der Waals surface area contributed by atoms with Crippen LogP contribution in [0.15, 0.2) is 0 Å². The summed E-state index contributed by atoms with van der Waals surface area (Å²) in [5.41, 5.74) is 5.55. The van der Waals surface area contributed by atoms with Crippen LogP contribution in [0.5, 0.6) is 0 Å². The molecular weight excluding hydrogens is 186 g/mol. The first-order chi connectivity index (χ1) is 5.90. The zero-order valence-electron chi connectivity index (χ0n) is 8.79. The zero-order valence-corrected chi connectivity index (χ0v) is 9.60. The molecule has 0 aromatic rings. The first-order valence-electron chi connectivity index (χ1n) is 4.87. The minimum atomic E-state index is -2.90. The lowest BCUT2D eigenvalue weighted by Crippen LogP contribution is -2.28. The Kier molecular flexibility index (Phi) is 5.56. The van der Waals surface area contributed by atoms with Gasteiger partial charge in [-0.1, -0.05) is 13.3 Å². The maximum Gasteiger partial charge on any atom is 0.152 e. The molecule has 0 rings (SSSR count). The fraction of sp³-hybridized carbons (Fsp3) is 1.00. The summed E-state index contributed by atoms with van der Waals surface area (Å²) >= 11 is 0. The quantitative estimate of drug-likeness (QED) is 0.714. The summed E-state index contributed by atoms with van der Waals surface area (Å²) in [5.74, 6) is 0.303. The minimum Gasteiger partial charge on any atom is -0.328 e. The van der Waals surface area contributed by atoms with E-state index in [2.05, 4.69) is 0 Å². The van der Waals surface area contributed by atoms with Crippen LogP contribution in [-0.2, 0) is 9.84 Å². The molecule has 4 heteroatoms.